The number of rotatable bonds is 5. The molecule has 0 saturated heterocycles. The molecule has 0 bridgehead atoms. The standard InChI is InChI=1S/C17H26N2O4/c1-6-9-22-15(20)13-10-12(7-8-14(13)18)11(2)19-16(21)23-17(3,4)5/h7-8,10-11H,6,9,18H2,1-5H3,(H,19,21). The molecule has 0 aliphatic heterocycles. The van der Waals surface area contributed by atoms with Crippen LogP contribution in [0.3, 0.4) is 0 Å². The van der Waals surface area contributed by atoms with Gasteiger partial charge in [-0.05, 0) is 51.8 Å². The highest BCUT2D eigenvalue weighted by molar-refractivity contribution is 5.95. The van der Waals surface area contributed by atoms with Crippen molar-refractivity contribution in [3.8, 4) is 0 Å². The second-order valence-electron chi connectivity index (χ2n) is 6.35. The van der Waals surface area contributed by atoms with Gasteiger partial charge in [0, 0.05) is 5.69 Å². The van der Waals surface area contributed by atoms with Crippen molar-refractivity contribution in [2.24, 2.45) is 0 Å². The number of anilines is 1. The van der Waals surface area contributed by atoms with Gasteiger partial charge >= 0.3 is 12.1 Å². The number of ether oxygens (including phenoxy) is 2. The van der Waals surface area contributed by atoms with Crippen molar-refractivity contribution < 1.29 is 19.1 Å². The highest BCUT2D eigenvalue weighted by Crippen LogP contribution is 2.21. The summed E-state index contributed by atoms with van der Waals surface area (Å²) < 4.78 is 10.3. The van der Waals surface area contributed by atoms with Gasteiger partial charge in [-0.2, -0.15) is 0 Å². The van der Waals surface area contributed by atoms with Crippen LogP contribution in [0.1, 0.15) is 63.0 Å². The van der Waals surface area contributed by atoms with Crippen LogP contribution in [0.4, 0.5) is 10.5 Å². The zero-order valence-electron chi connectivity index (χ0n) is 14.4. The van der Waals surface area contributed by atoms with Crippen molar-refractivity contribution in [3.05, 3.63) is 29.3 Å². The Morgan fingerprint density at radius 2 is 1.96 bits per heavy atom. The van der Waals surface area contributed by atoms with E-state index in [1.54, 1.807) is 45.9 Å². The summed E-state index contributed by atoms with van der Waals surface area (Å²) in [7, 11) is 0. The fraction of sp³-hybridized carbons (Fsp3) is 0.529. The average Bonchev–Trinajstić information content (AvgIpc) is 2.42. The molecular weight excluding hydrogens is 296 g/mol. The molecule has 3 N–H and O–H groups in total. The van der Waals surface area contributed by atoms with Gasteiger partial charge in [0.1, 0.15) is 5.60 Å². The molecule has 6 heteroatoms. The van der Waals surface area contributed by atoms with Crippen molar-refractivity contribution in [3.63, 3.8) is 0 Å². The van der Waals surface area contributed by atoms with Gasteiger partial charge in [-0.25, -0.2) is 9.59 Å². The van der Waals surface area contributed by atoms with E-state index >= 15 is 0 Å². The molecule has 0 radical (unpaired) electrons. The van der Waals surface area contributed by atoms with Crippen LogP contribution >= 0.6 is 0 Å². The molecule has 0 heterocycles. The number of hydrogen-bond donors (Lipinski definition) is 2. The third-order valence-electron chi connectivity index (χ3n) is 2.97. The Bertz CT molecular complexity index is 564. The topological polar surface area (TPSA) is 90.6 Å². The molecule has 128 valence electrons. The number of alkyl carbamates (subject to hydrolysis) is 1. The molecule has 1 aromatic rings. The minimum atomic E-state index is -0.569. The van der Waals surface area contributed by atoms with Crippen LogP contribution in [-0.2, 0) is 9.47 Å². The lowest BCUT2D eigenvalue weighted by Gasteiger charge is -2.22. The minimum absolute atomic E-state index is 0.300. The van der Waals surface area contributed by atoms with E-state index in [0.717, 1.165) is 12.0 Å². The Balaban J connectivity index is 2.84. The molecule has 1 atom stereocenters. The molecule has 0 aliphatic carbocycles. The zero-order chi connectivity index (χ0) is 17.6. The highest BCUT2D eigenvalue weighted by Gasteiger charge is 2.19. The molecule has 0 aromatic heterocycles. The van der Waals surface area contributed by atoms with E-state index in [0.29, 0.717) is 17.9 Å². The summed E-state index contributed by atoms with van der Waals surface area (Å²) >= 11 is 0. The Morgan fingerprint density at radius 1 is 1.30 bits per heavy atom. The lowest BCUT2D eigenvalue weighted by Crippen LogP contribution is -2.34. The fourth-order valence-electron chi connectivity index (χ4n) is 1.86. The van der Waals surface area contributed by atoms with Crippen LogP contribution in [0.15, 0.2) is 18.2 Å². The van der Waals surface area contributed by atoms with E-state index in [4.69, 9.17) is 15.2 Å². The van der Waals surface area contributed by atoms with Gasteiger partial charge in [-0.1, -0.05) is 13.0 Å². The normalized spacial score (nSPS) is 12.4. The van der Waals surface area contributed by atoms with Crippen molar-refractivity contribution >= 4 is 17.7 Å². The van der Waals surface area contributed by atoms with Gasteiger partial charge in [0.25, 0.3) is 0 Å². The predicted molar refractivity (Wildman–Crippen MR) is 89.2 cm³/mol. The van der Waals surface area contributed by atoms with Crippen LogP contribution in [0.5, 0.6) is 0 Å². The number of amides is 1. The maximum absolute atomic E-state index is 12.0. The van der Waals surface area contributed by atoms with E-state index in [-0.39, 0.29) is 6.04 Å². The maximum atomic E-state index is 12.0. The Hall–Kier alpha value is -2.24. The lowest BCUT2D eigenvalue weighted by molar-refractivity contribution is 0.0500. The Labute approximate surface area is 137 Å². The summed E-state index contributed by atoms with van der Waals surface area (Å²) in [5, 5.41) is 2.73. The number of nitrogen functional groups attached to an aromatic ring is 1. The average molecular weight is 322 g/mol. The second-order valence-corrected chi connectivity index (χ2v) is 6.35. The molecular formula is C17H26N2O4. The van der Waals surface area contributed by atoms with Crippen LogP contribution in [0.25, 0.3) is 0 Å². The first-order valence-electron chi connectivity index (χ1n) is 7.70. The van der Waals surface area contributed by atoms with Crippen LogP contribution < -0.4 is 11.1 Å². The van der Waals surface area contributed by atoms with E-state index < -0.39 is 17.7 Å². The molecule has 1 aromatic carbocycles. The molecule has 1 amide bonds. The van der Waals surface area contributed by atoms with Gasteiger partial charge in [-0.15, -0.1) is 0 Å². The van der Waals surface area contributed by atoms with Crippen LogP contribution in [-0.4, -0.2) is 24.3 Å². The van der Waals surface area contributed by atoms with E-state index in [2.05, 4.69) is 5.32 Å². The summed E-state index contributed by atoms with van der Waals surface area (Å²) in [5.41, 5.74) is 6.65. The highest BCUT2D eigenvalue weighted by atomic mass is 16.6. The largest absolute Gasteiger partial charge is 0.462 e. The Morgan fingerprint density at radius 3 is 2.52 bits per heavy atom. The number of carbonyl (C=O) groups excluding carboxylic acids is 2. The molecule has 0 aliphatic rings. The molecule has 0 spiro atoms. The van der Waals surface area contributed by atoms with Crippen molar-refractivity contribution in [1.29, 1.82) is 0 Å². The number of nitrogens with one attached hydrogen (secondary N) is 1. The maximum Gasteiger partial charge on any atom is 0.408 e. The molecule has 1 unspecified atom stereocenters. The summed E-state index contributed by atoms with van der Waals surface area (Å²) in [6.45, 7) is 9.44. The number of hydrogen-bond acceptors (Lipinski definition) is 5. The first-order valence-corrected chi connectivity index (χ1v) is 7.70. The number of benzene rings is 1. The molecule has 1 rings (SSSR count). The molecule has 23 heavy (non-hydrogen) atoms. The number of esters is 1. The lowest BCUT2D eigenvalue weighted by atomic mass is 10.0. The predicted octanol–water partition coefficient (Wildman–Crippen LogP) is 3.42. The van der Waals surface area contributed by atoms with Crippen molar-refractivity contribution in [2.45, 2.75) is 52.7 Å². The third-order valence-corrected chi connectivity index (χ3v) is 2.97. The first kappa shape index (κ1) is 18.8. The first-order chi connectivity index (χ1) is 10.6. The summed E-state index contributed by atoms with van der Waals surface area (Å²) in [5.74, 6) is -0.462. The molecule has 6 nitrogen and oxygen atoms in total. The second kappa shape index (κ2) is 7.85. The summed E-state index contributed by atoms with van der Waals surface area (Å²) in [4.78, 5) is 23.8. The van der Waals surface area contributed by atoms with Gasteiger partial charge in [0.2, 0.25) is 0 Å². The van der Waals surface area contributed by atoms with E-state index in [1.807, 2.05) is 6.92 Å². The monoisotopic (exact) mass is 322 g/mol. The summed E-state index contributed by atoms with van der Waals surface area (Å²) in [6, 6.07) is 4.69. The van der Waals surface area contributed by atoms with Crippen molar-refractivity contribution in [2.75, 3.05) is 12.3 Å². The Kier molecular flexibility index (Phi) is 6.42. The van der Waals surface area contributed by atoms with Crippen LogP contribution in [0, 0.1) is 0 Å². The zero-order valence-corrected chi connectivity index (χ0v) is 14.4. The quantitative estimate of drug-likeness (QED) is 0.640. The van der Waals surface area contributed by atoms with Gasteiger partial charge in [-0.3, -0.25) is 0 Å². The minimum Gasteiger partial charge on any atom is -0.462 e. The van der Waals surface area contributed by atoms with Gasteiger partial charge < -0.3 is 20.5 Å². The van der Waals surface area contributed by atoms with Gasteiger partial charge in [0.05, 0.1) is 18.2 Å². The van der Waals surface area contributed by atoms with E-state index in [1.165, 1.54) is 0 Å². The molecule has 0 saturated carbocycles. The van der Waals surface area contributed by atoms with E-state index in [9.17, 15) is 9.59 Å². The number of nitrogens with two attached hydrogens (primary N) is 1. The molecule has 0 fully saturated rings. The number of carbonyl (C=O) groups is 2. The third kappa shape index (κ3) is 6.18. The van der Waals surface area contributed by atoms with Crippen molar-refractivity contribution in [1.82, 2.24) is 5.32 Å². The van der Waals surface area contributed by atoms with Crippen LogP contribution in [0.2, 0.25) is 0 Å². The van der Waals surface area contributed by atoms with Gasteiger partial charge in [0.15, 0.2) is 0 Å². The SMILES string of the molecule is CCCOC(=O)c1cc(C(C)NC(=O)OC(C)(C)C)ccc1N. The fourth-order valence-corrected chi connectivity index (χ4v) is 1.86. The smallest absolute Gasteiger partial charge is 0.408 e. The summed E-state index contributed by atoms with van der Waals surface area (Å²) in [6.07, 6.45) is 0.221.